The third kappa shape index (κ3) is 4.62. The van der Waals surface area contributed by atoms with Crippen molar-refractivity contribution in [3.63, 3.8) is 0 Å². The van der Waals surface area contributed by atoms with Gasteiger partial charge in [0.2, 0.25) is 9.84 Å². The van der Waals surface area contributed by atoms with Crippen LogP contribution in [0.1, 0.15) is 36.0 Å². The lowest BCUT2D eigenvalue weighted by Crippen LogP contribution is -2.14. The number of amides is 1. The summed E-state index contributed by atoms with van der Waals surface area (Å²) in [4.78, 5) is 11.8. The predicted octanol–water partition coefficient (Wildman–Crippen LogP) is 4.91. The molecular weight excluding hydrogens is 412 g/mol. The average Bonchev–Trinajstić information content (AvgIpc) is 3.17. The van der Waals surface area contributed by atoms with E-state index in [-0.39, 0.29) is 11.7 Å². The lowest BCUT2D eigenvalue weighted by atomic mass is 10.2. The van der Waals surface area contributed by atoms with Gasteiger partial charge in [0, 0.05) is 11.3 Å². The van der Waals surface area contributed by atoms with Gasteiger partial charge in [0.25, 0.3) is 5.91 Å². The summed E-state index contributed by atoms with van der Waals surface area (Å²) in [6.07, 6.45) is 4.40. The van der Waals surface area contributed by atoms with Gasteiger partial charge >= 0.3 is 5.76 Å². The van der Waals surface area contributed by atoms with Crippen LogP contribution in [0.15, 0.2) is 47.4 Å². The molecule has 0 unspecified atom stereocenters. The third-order valence-corrected chi connectivity index (χ3v) is 6.16. The number of rotatable bonds is 6. The molecule has 0 heterocycles. The van der Waals surface area contributed by atoms with E-state index in [4.69, 9.17) is 16.3 Å². The lowest BCUT2D eigenvalue weighted by Gasteiger charge is -2.15. The molecule has 1 fully saturated rings. The smallest absolute Gasteiger partial charge is 0.341 e. The number of carbonyl (C=O) groups is 1. The van der Waals surface area contributed by atoms with E-state index in [1.807, 2.05) is 0 Å². The van der Waals surface area contributed by atoms with Gasteiger partial charge in [-0.2, -0.15) is 8.78 Å². The van der Waals surface area contributed by atoms with Crippen molar-refractivity contribution < 1.29 is 26.7 Å². The molecule has 1 N–H and O–H groups in total. The van der Waals surface area contributed by atoms with Crippen molar-refractivity contribution in [3.8, 4) is 5.75 Å². The molecule has 1 saturated carbocycles. The molecule has 150 valence electrons. The maximum absolute atomic E-state index is 12.6. The quantitative estimate of drug-likeness (QED) is 0.708. The van der Waals surface area contributed by atoms with Crippen LogP contribution in [0.4, 0.5) is 14.5 Å². The fraction of sp³-hybridized carbons (Fsp3) is 0.316. The molecule has 3 rings (SSSR count). The molecule has 0 aliphatic heterocycles. The second-order valence-electron chi connectivity index (χ2n) is 6.45. The number of hydrogen-bond donors (Lipinski definition) is 1. The first-order valence-electron chi connectivity index (χ1n) is 8.67. The van der Waals surface area contributed by atoms with Gasteiger partial charge in [0.1, 0.15) is 5.75 Å². The van der Waals surface area contributed by atoms with Crippen LogP contribution in [0.3, 0.4) is 0 Å². The normalized spacial score (nSPS) is 15.0. The van der Waals surface area contributed by atoms with Crippen molar-refractivity contribution >= 4 is 33.0 Å². The zero-order chi connectivity index (χ0) is 20.3. The Morgan fingerprint density at radius 1 is 1.11 bits per heavy atom. The molecule has 0 aromatic heterocycles. The van der Waals surface area contributed by atoms with Crippen molar-refractivity contribution in [3.05, 3.63) is 53.1 Å². The van der Waals surface area contributed by atoms with Crippen LogP contribution in [0.25, 0.3) is 0 Å². The Morgan fingerprint density at radius 2 is 1.75 bits per heavy atom. The summed E-state index contributed by atoms with van der Waals surface area (Å²) in [6.45, 7) is 0. The van der Waals surface area contributed by atoms with E-state index in [0.717, 1.165) is 37.8 Å². The molecule has 2 aromatic carbocycles. The molecule has 1 amide bonds. The first kappa shape index (κ1) is 20.5. The Bertz CT molecular complexity index is 958. The Hall–Kier alpha value is -2.19. The summed E-state index contributed by atoms with van der Waals surface area (Å²) in [5.74, 6) is -3.49. The number of ether oxygens (including phenoxy) is 1. The number of halogens is 3. The van der Waals surface area contributed by atoms with Gasteiger partial charge in [-0.05, 0) is 68.1 Å². The number of carbonyl (C=O) groups excluding carboxylic acids is 1. The molecule has 0 radical (unpaired) electrons. The van der Waals surface area contributed by atoms with Crippen molar-refractivity contribution in [1.82, 2.24) is 0 Å². The Kier molecular flexibility index (Phi) is 6.20. The van der Waals surface area contributed by atoms with Crippen molar-refractivity contribution in [1.29, 1.82) is 0 Å². The average molecular weight is 430 g/mol. The minimum atomic E-state index is -4.70. The van der Waals surface area contributed by atoms with Crippen molar-refractivity contribution in [2.45, 2.75) is 42.4 Å². The molecule has 0 bridgehead atoms. The summed E-state index contributed by atoms with van der Waals surface area (Å²) in [6, 6.07) is 9.16. The highest BCUT2D eigenvalue weighted by Gasteiger charge is 2.26. The van der Waals surface area contributed by atoms with Crippen LogP contribution in [0.2, 0.25) is 5.02 Å². The first-order valence-corrected chi connectivity index (χ1v) is 10.6. The molecule has 0 atom stereocenters. The first-order chi connectivity index (χ1) is 13.3. The van der Waals surface area contributed by atoms with Crippen LogP contribution in [0.5, 0.6) is 5.75 Å². The molecule has 9 heteroatoms. The highest BCUT2D eigenvalue weighted by molar-refractivity contribution is 7.91. The predicted molar refractivity (Wildman–Crippen MR) is 102 cm³/mol. The monoisotopic (exact) mass is 429 g/mol. The molecule has 0 saturated heterocycles. The van der Waals surface area contributed by atoms with Crippen LogP contribution >= 0.6 is 11.6 Å². The topological polar surface area (TPSA) is 72.5 Å². The van der Waals surface area contributed by atoms with Gasteiger partial charge in [-0.1, -0.05) is 11.6 Å². The molecule has 1 aliphatic rings. The van der Waals surface area contributed by atoms with Gasteiger partial charge in [0.05, 0.1) is 16.0 Å². The summed E-state index contributed by atoms with van der Waals surface area (Å²) >= 11 is 6.22. The van der Waals surface area contributed by atoms with Gasteiger partial charge in [-0.15, -0.1) is 0 Å². The van der Waals surface area contributed by atoms with E-state index in [9.17, 15) is 22.0 Å². The lowest BCUT2D eigenvalue weighted by molar-refractivity contribution is 0.102. The second-order valence-corrected chi connectivity index (χ2v) is 8.78. The molecular formula is C19H18ClF2NO4S. The van der Waals surface area contributed by atoms with E-state index < -0.39 is 26.4 Å². The van der Waals surface area contributed by atoms with Gasteiger partial charge in [-0.3, -0.25) is 4.79 Å². The SMILES string of the molecule is O=C(Nc1ccc(OC2CCCC2)c(Cl)c1)c1ccc(S(=O)(=O)C(F)F)cc1. The maximum Gasteiger partial charge on any atom is 0.341 e. The summed E-state index contributed by atoms with van der Waals surface area (Å²) in [5.41, 5.74) is 0.550. The third-order valence-electron chi connectivity index (χ3n) is 4.47. The molecule has 28 heavy (non-hydrogen) atoms. The van der Waals surface area contributed by atoms with E-state index in [1.165, 1.54) is 12.1 Å². The zero-order valence-electron chi connectivity index (χ0n) is 14.7. The Labute approximate surface area is 166 Å². The van der Waals surface area contributed by atoms with E-state index in [1.54, 1.807) is 18.2 Å². The summed E-state index contributed by atoms with van der Waals surface area (Å²) in [7, 11) is -4.70. The fourth-order valence-electron chi connectivity index (χ4n) is 2.96. The number of nitrogens with one attached hydrogen (secondary N) is 1. The maximum atomic E-state index is 12.6. The molecule has 5 nitrogen and oxygen atoms in total. The molecule has 0 spiro atoms. The minimum Gasteiger partial charge on any atom is -0.489 e. The van der Waals surface area contributed by atoms with Crippen molar-refractivity contribution in [2.75, 3.05) is 5.32 Å². The number of anilines is 1. The largest absolute Gasteiger partial charge is 0.489 e. The molecule has 2 aromatic rings. The summed E-state index contributed by atoms with van der Waals surface area (Å²) < 4.78 is 53.8. The standard InChI is InChI=1S/C19H18ClF2NO4S/c20-16-11-13(7-10-17(16)27-14-3-1-2-4-14)23-18(24)12-5-8-15(9-6-12)28(25,26)19(21)22/h5-11,14,19H,1-4H2,(H,23,24). The van der Waals surface area contributed by atoms with Gasteiger partial charge < -0.3 is 10.1 Å². The van der Waals surface area contributed by atoms with E-state index in [2.05, 4.69) is 5.32 Å². The van der Waals surface area contributed by atoms with Crippen LogP contribution in [-0.4, -0.2) is 26.2 Å². The number of alkyl halides is 2. The second kappa shape index (κ2) is 8.45. The van der Waals surface area contributed by atoms with Crippen LogP contribution < -0.4 is 10.1 Å². The minimum absolute atomic E-state index is 0.121. The van der Waals surface area contributed by atoms with Crippen LogP contribution in [-0.2, 0) is 9.84 Å². The number of hydrogen-bond acceptors (Lipinski definition) is 4. The zero-order valence-corrected chi connectivity index (χ0v) is 16.3. The molecule has 1 aliphatic carbocycles. The Balaban J connectivity index is 1.68. The number of benzene rings is 2. The van der Waals surface area contributed by atoms with Crippen LogP contribution in [0, 0.1) is 0 Å². The van der Waals surface area contributed by atoms with Crippen molar-refractivity contribution in [2.24, 2.45) is 0 Å². The van der Waals surface area contributed by atoms with E-state index in [0.29, 0.717) is 16.5 Å². The highest BCUT2D eigenvalue weighted by Crippen LogP contribution is 2.32. The highest BCUT2D eigenvalue weighted by atomic mass is 35.5. The fourth-order valence-corrected chi connectivity index (χ4v) is 3.91. The van der Waals surface area contributed by atoms with Gasteiger partial charge in [0.15, 0.2) is 0 Å². The summed E-state index contributed by atoms with van der Waals surface area (Å²) in [5, 5.41) is 2.99. The Morgan fingerprint density at radius 3 is 2.32 bits per heavy atom. The van der Waals surface area contributed by atoms with E-state index >= 15 is 0 Å². The number of sulfone groups is 1. The van der Waals surface area contributed by atoms with Gasteiger partial charge in [-0.25, -0.2) is 8.42 Å².